The number of anilines is 1. The lowest BCUT2D eigenvalue weighted by Crippen LogP contribution is -2.50. The molecule has 0 bridgehead atoms. The van der Waals surface area contributed by atoms with Crippen LogP contribution in [0.1, 0.15) is 26.3 Å². The van der Waals surface area contributed by atoms with Crippen molar-refractivity contribution in [3.05, 3.63) is 48.3 Å². The van der Waals surface area contributed by atoms with Crippen molar-refractivity contribution in [3.8, 4) is 5.95 Å². The van der Waals surface area contributed by atoms with Crippen LogP contribution in [0.4, 0.5) is 10.6 Å². The number of carbonyl (C=O) groups is 1. The van der Waals surface area contributed by atoms with Crippen molar-refractivity contribution >= 4 is 22.8 Å². The fraction of sp³-hybridized carbons (Fsp3) is 0.409. The molecule has 1 aromatic carbocycles. The monoisotopic (exact) mass is 393 g/mol. The Morgan fingerprint density at radius 3 is 2.55 bits per heavy atom. The number of rotatable bonds is 2. The van der Waals surface area contributed by atoms with Gasteiger partial charge in [-0.25, -0.2) is 9.78 Å². The van der Waals surface area contributed by atoms with Crippen LogP contribution in [0.25, 0.3) is 16.9 Å². The summed E-state index contributed by atoms with van der Waals surface area (Å²) in [6, 6.07) is 10.4. The van der Waals surface area contributed by atoms with E-state index < -0.39 is 5.60 Å². The van der Waals surface area contributed by atoms with E-state index in [-0.39, 0.29) is 6.09 Å². The van der Waals surface area contributed by atoms with Gasteiger partial charge in [-0.3, -0.25) is 4.57 Å². The maximum atomic E-state index is 12.3. The first kappa shape index (κ1) is 19.2. The lowest BCUT2D eigenvalue weighted by molar-refractivity contribution is 0.0240. The molecule has 3 aromatic rings. The Morgan fingerprint density at radius 2 is 1.83 bits per heavy atom. The molecule has 29 heavy (non-hydrogen) atoms. The third-order valence-electron chi connectivity index (χ3n) is 4.94. The Labute approximate surface area is 170 Å². The second-order valence-corrected chi connectivity index (χ2v) is 8.42. The molecule has 0 atom stereocenters. The molecule has 2 aromatic heterocycles. The van der Waals surface area contributed by atoms with Gasteiger partial charge in [0, 0.05) is 44.0 Å². The van der Waals surface area contributed by atoms with Crippen LogP contribution in [-0.2, 0) is 4.74 Å². The number of hydrogen-bond acceptors (Lipinski definition) is 5. The van der Waals surface area contributed by atoms with E-state index in [9.17, 15) is 4.79 Å². The molecule has 0 N–H and O–H groups in total. The predicted molar refractivity (Wildman–Crippen MR) is 114 cm³/mol. The summed E-state index contributed by atoms with van der Waals surface area (Å²) in [6.07, 6.45) is 3.54. The molecule has 1 aliphatic rings. The molecule has 0 unspecified atom stereocenters. The SMILES string of the molecule is Cc1ccc2c(ccn2-c2nccc(N3CCN(C(=O)OC(C)(C)C)CC3)n2)c1. The van der Waals surface area contributed by atoms with E-state index in [1.165, 1.54) is 10.9 Å². The average molecular weight is 393 g/mol. The third kappa shape index (κ3) is 4.18. The predicted octanol–water partition coefficient (Wildman–Crippen LogP) is 3.79. The molecule has 7 nitrogen and oxygen atoms in total. The number of hydrogen-bond donors (Lipinski definition) is 0. The van der Waals surface area contributed by atoms with Gasteiger partial charge in [0.2, 0.25) is 5.95 Å². The minimum absolute atomic E-state index is 0.255. The number of aryl methyl sites for hydroxylation is 1. The topological polar surface area (TPSA) is 63.5 Å². The van der Waals surface area contributed by atoms with Crippen LogP contribution < -0.4 is 4.90 Å². The molecule has 1 aliphatic heterocycles. The number of aromatic nitrogens is 3. The average Bonchev–Trinajstić information content (AvgIpc) is 3.10. The van der Waals surface area contributed by atoms with Crippen molar-refractivity contribution in [1.82, 2.24) is 19.4 Å². The number of fused-ring (bicyclic) bond motifs is 1. The summed E-state index contributed by atoms with van der Waals surface area (Å²) in [6.45, 7) is 10.4. The molecule has 3 heterocycles. The maximum absolute atomic E-state index is 12.3. The molecular weight excluding hydrogens is 366 g/mol. The lowest BCUT2D eigenvalue weighted by Gasteiger charge is -2.36. The second-order valence-electron chi connectivity index (χ2n) is 8.42. The fourth-order valence-electron chi connectivity index (χ4n) is 3.51. The van der Waals surface area contributed by atoms with Gasteiger partial charge < -0.3 is 14.5 Å². The van der Waals surface area contributed by atoms with Crippen LogP contribution >= 0.6 is 0 Å². The fourth-order valence-corrected chi connectivity index (χ4v) is 3.51. The lowest BCUT2D eigenvalue weighted by atomic mass is 10.2. The maximum Gasteiger partial charge on any atom is 0.410 e. The van der Waals surface area contributed by atoms with E-state index >= 15 is 0 Å². The molecular formula is C22H27N5O2. The van der Waals surface area contributed by atoms with Crippen molar-refractivity contribution < 1.29 is 9.53 Å². The van der Waals surface area contributed by atoms with Crippen molar-refractivity contribution in [2.45, 2.75) is 33.3 Å². The van der Waals surface area contributed by atoms with Crippen molar-refractivity contribution in [2.24, 2.45) is 0 Å². The van der Waals surface area contributed by atoms with Crippen molar-refractivity contribution in [1.29, 1.82) is 0 Å². The summed E-state index contributed by atoms with van der Waals surface area (Å²) in [5.74, 6) is 1.52. The van der Waals surface area contributed by atoms with Crippen LogP contribution in [0, 0.1) is 6.92 Å². The normalized spacial score (nSPS) is 15.0. The first-order valence-corrected chi connectivity index (χ1v) is 9.94. The van der Waals surface area contributed by atoms with E-state index in [2.05, 4.69) is 41.1 Å². The zero-order chi connectivity index (χ0) is 20.6. The molecule has 1 saturated heterocycles. The van der Waals surface area contributed by atoms with E-state index in [1.807, 2.05) is 37.6 Å². The first-order chi connectivity index (χ1) is 13.8. The minimum atomic E-state index is -0.478. The zero-order valence-corrected chi connectivity index (χ0v) is 17.4. The van der Waals surface area contributed by atoms with Crippen LogP contribution in [0.3, 0.4) is 0 Å². The smallest absolute Gasteiger partial charge is 0.410 e. The Balaban J connectivity index is 1.49. The van der Waals surface area contributed by atoms with Crippen molar-refractivity contribution in [3.63, 3.8) is 0 Å². The van der Waals surface area contributed by atoms with Crippen LogP contribution in [0.5, 0.6) is 0 Å². The number of amides is 1. The van der Waals surface area contributed by atoms with Gasteiger partial charge >= 0.3 is 6.09 Å². The van der Waals surface area contributed by atoms with E-state index in [4.69, 9.17) is 9.72 Å². The summed E-state index contributed by atoms with van der Waals surface area (Å²) < 4.78 is 7.48. The van der Waals surface area contributed by atoms with Crippen LogP contribution in [0.15, 0.2) is 42.7 Å². The zero-order valence-electron chi connectivity index (χ0n) is 17.4. The molecule has 1 fully saturated rings. The summed E-state index contributed by atoms with van der Waals surface area (Å²) in [7, 11) is 0. The summed E-state index contributed by atoms with van der Waals surface area (Å²) in [5, 5.41) is 1.17. The second kappa shape index (κ2) is 7.39. The van der Waals surface area contributed by atoms with Gasteiger partial charge in [0.25, 0.3) is 0 Å². The summed E-state index contributed by atoms with van der Waals surface area (Å²) in [4.78, 5) is 25.5. The van der Waals surface area contributed by atoms with Gasteiger partial charge in [-0.1, -0.05) is 11.6 Å². The van der Waals surface area contributed by atoms with Gasteiger partial charge in [0.1, 0.15) is 11.4 Å². The van der Waals surface area contributed by atoms with Gasteiger partial charge in [-0.05, 0) is 52.0 Å². The third-order valence-corrected chi connectivity index (χ3v) is 4.94. The molecule has 7 heteroatoms. The molecule has 0 radical (unpaired) electrons. The Morgan fingerprint density at radius 1 is 1.07 bits per heavy atom. The van der Waals surface area contributed by atoms with Gasteiger partial charge in [0.05, 0.1) is 5.52 Å². The van der Waals surface area contributed by atoms with Gasteiger partial charge in [-0.15, -0.1) is 0 Å². The van der Waals surface area contributed by atoms with Gasteiger partial charge in [0.15, 0.2) is 0 Å². The number of piperazine rings is 1. The van der Waals surface area contributed by atoms with Gasteiger partial charge in [-0.2, -0.15) is 4.98 Å². The Kier molecular flexibility index (Phi) is 4.90. The molecule has 0 aliphatic carbocycles. The number of carbonyl (C=O) groups excluding carboxylic acids is 1. The molecule has 0 spiro atoms. The highest BCUT2D eigenvalue weighted by atomic mass is 16.6. The number of ether oxygens (including phenoxy) is 1. The Hall–Kier alpha value is -3.09. The van der Waals surface area contributed by atoms with E-state index in [0.717, 1.165) is 11.3 Å². The highest BCUT2D eigenvalue weighted by molar-refractivity contribution is 5.82. The van der Waals surface area contributed by atoms with Crippen molar-refractivity contribution in [2.75, 3.05) is 31.1 Å². The van der Waals surface area contributed by atoms with E-state index in [1.54, 1.807) is 11.1 Å². The quantitative estimate of drug-likeness (QED) is 0.663. The first-order valence-electron chi connectivity index (χ1n) is 9.94. The van der Waals surface area contributed by atoms with E-state index in [0.29, 0.717) is 32.1 Å². The standard InChI is InChI=1S/C22H27N5O2/c1-16-5-6-18-17(15-16)8-10-27(18)20-23-9-7-19(24-20)25-11-13-26(14-12-25)21(28)29-22(2,3)4/h5-10,15H,11-14H2,1-4H3. The van der Waals surface area contributed by atoms with Crippen LogP contribution in [0.2, 0.25) is 0 Å². The largest absolute Gasteiger partial charge is 0.444 e. The molecule has 0 saturated carbocycles. The number of nitrogens with zero attached hydrogens (tertiary/aromatic N) is 5. The molecule has 4 rings (SSSR count). The number of benzene rings is 1. The van der Waals surface area contributed by atoms with Crippen LogP contribution in [-0.4, -0.2) is 57.3 Å². The highest BCUT2D eigenvalue weighted by Crippen LogP contribution is 2.22. The highest BCUT2D eigenvalue weighted by Gasteiger charge is 2.26. The minimum Gasteiger partial charge on any atom is -0.444 e. The molecule has 1 amide bonds. The summed E-state index contributed by atoms with van der Waals surface area (Å²) in [5.41, 5.74) is 1.84. The molecule has 152 valence electrons. The Bertz CT molecular complexity index is 1030. The summed E-state index contributed by atoms with van der Waals surface area (Å²) >= 11 is 0.